The number of aromatic nitrogens is 3. The first-order valence-corrected chi connectivity index (χ1v) is 6.55. The monoisotopic (exact) mass is 325 g/mol. The zero-order valence-corrected chi connectivity index (χ0v) is 12.3. The first-order valence-electron chi connectivity index (χ1n) is 5.80. The number of anilines is 1. The molecule has 0 radical (unpaired) electrons. The minimum absolute atomic E-state index is 0.118. The van der Waals surface area contributed by atoms with Gasteiger partial charge in [-0.1, -0.05) is 23.2 Å². The van der Waals surface area contributed by atoms with Gasteiger partial charge in [-0.2, -0.15) is 15.0 Å². The van der Waals surface area contributed by atoms with Gasteiger partial charge in [0.2, 0.25) is 0 Å². The third kappa shape index (κ3) is 3.24. The lowest BCUT2D eigenvalue weighted by molar-refractivity contribution is 0.167. The summed E-state index contributed by atoms with van der Waals surface area (Å²) < 4.78 is 6.01. The Kier molecular flexibility index (Phi) is 4.62. The molecule has 0 atom stereocenters. The first-order chi connectivity index (χ1) is 10.1. The number of carbonyl (C=O) groups excluding carboxylic acids is 1. The van der Waals surface area contributed by atoms with E-state index in [1.807, 2.05) is 6.07 Å². The molecule has 1 amide bonds. The summed E-state index contributed by atoms with van der Waals surface area (Å²) in [5.74, 6) is 0.349. The molecule has 0 bridgehead atoms. The van der Waals surface area contributed by atoms with Crippen molar-refractivity contribution in [3.63, 3.8) is 0 Å². The number of rotatable bonds is 3. The molecular formula is C12H9Cl2N5O2. The van der Waals surface area contributed by atoms with E-state index in [-0.39, 0.29) is 28.8 Å². The molecule has 21 heavy (non-hydrogen) atoms. The van der Waals surface area contributed by atoms with E-state index in [1.54, 1.807) is 6.92 Å². The second-order valence-corrected chi connectivity index (χ2v) is 4.58. The average molecular weight is 326 g/mol. The third-order valence-electron chi connectivity index (χ3n) is 2.37. The Morgan fingerprint density at radius 3 is 2.90 bits per heavy atom. The number of pyridine rings is 1. The molecule has 2 heterocycles. The van der Waals surface area contributed by atoms with Crippen LogP contribution in [0, 0.1) is 11.3 Å². The minimum Gasteiger partial charge on any atom is -0.450 e. The van der Waals surface area contributed by atoms with Crippen molar-refractivity contribution in [1.82, 2.24) is 14.8 Å². The standard InChI is InChI=1S/C12H9Cl2N5O2/c1-2-21-12(20)18-10-7(4-15)5-17-19(10)11-9(14)3-8(13)6-16-11/h3,5-6H,2H2,1H3,(H,18,20). The molecule has 7 nitrogen and oxygen atoms in total. The second-order valence-electron chi connectivity index (χ2n) is 3.73. The number of hydrogen-bond donors (Lipinski definition) is 1. The molecule has 0 spiro atoms. The van der Waals surface area contributed by atoms with Gasteiger partial charge in [0.05, 0.1) is 22.8 Å². The van der Waals surface area contributed by atoms with Gasteiger partial charge in [-0.05, 0) is 13.0 Å². The van der Waals surface area contributed by atoms with Crippen molar-refractivity contribution in [1.29, 1.82) is 5.26 Å². The van der Waals surface area contributed by atoms with Crippen LogP contribution in [-0.2, 0) is 4.74 Å². The Labute approximate surface area is 130 Å². The van der Waals surface area contributed by atoms with E-state index < -0.39 is 6.09 Å². The predicted molar refractivity (Wildman–Crippen MR) is 76.7 cm³/mol. The van der Waals surface area contributed by atoms with Crippen LogP contribution >= 0.6 is 23.2 Å². The van der Waals surface area contributed by atoms with Gasteiger partial charge in [0.15, 0.2) is 11.6 Å². The largest absolute Gasteiger partial charge is 0.450 e. The number of ether oxygens (including phenoxy) is 1. The maximum Gasteiger partial charge on any atom is 0.412 e. The summed E-state index contributed by atoms with van der Waals surface area (Å²) in [4.78, 5) is 15.6. The number of nitriles is 1. The van der Waals surface area contributed by atoms with Gasteiger partial charge in [-0.15, -0.1) is 0 Å². The average Bonchev–Trinajstić information content (AvgIpc) is 2.82. The summed E-state index contributed by atoms with van der Waals surface area (Å²) in [5.41, 5.74) is 0.149. The summed E-state index contributed by atoms with van der Waals surface area (Å²) in [5, 5.41) is 16.1. The topological polar surface area (TPSA) is 92.8 Å². The number of hydrogen-bond acceptors (Lipinski definition) is 5. The van der Waals surface area contributed by atoms with E-state index in [1.165, 1.54) is 23.1 Å². The molecule has 0 unspecified atom stereocenters. The molecule has 0 aromatic carbocycles. The third-order valence-corrected chi connectivity index (χ3v) is 2.86. The molecule has 0 aliphatic heterocycles. The Bertz CT molecular complexity index is 723. The maximum absolute atomic E-state index is 11.5. The van der Waals surface area contributed by atoms with Crippen molar-refractivity contribution in [2.45, 2.75) is 6.92 Å². The van der Waals surface area contributed by atoms with Gasteiger partial charge >= 0.3 is 6.09 Å². The molecule has 2 rings (SSSR count). The fourth-order valence-electron chi connectivity index (χ4n) is 1.54. The van der Waals surface area contributed by atoms with Crippen LogP contribution in [-0.4, -0.2) is 27.5 Å². The highest BCUT2D eigenvalue weighted by molar-refractivity contribution is 6.35. The molecule has 0 fully saturated rings. The number of halogens is 2. The molecule has 9 heteroatoms. The molecule has 2 aromatic heterocycles. The summed E-state index contributed by atoms with van der Waals surface area (Å²) in [6, 6.07) is 3.39. The van der Waals surface area contributed by atoms with Gasteiger partial charge in [0, 0.05) is 6.20 Å². The lowest BCUT2D eigenvalue weighted by Crippen LogP contribution is -2.17. The molecule has 1 N–H and O–H groups in total. The maximum atomic E-state index is 11.5. The van der Waals surface area contributed by atoms with Crippen molar-refractivity contribution >= 4 is 35.1 Å². The summed E-state index contributed by atoms with van der Waals surface area (Å²) in [6.45, 7) is 1.86. The van der Waals surface area contributed by atoms with E-state index in [2.05, 4.69) is 15.4 Å². The van der Waals surface area contributed by atoms with Crippen LogP contribution in [0.25, 0.3) is 5.82 Å². The van der Waals surface area contributed by atoms with Crippen LogP contribution in [0.2, 0.25) is 10.0 Å². The van der Waals surface area contributed by atoms with Gasteiger partial charge in [0.25, 0.3) is 0 Å². The smallest absolute Gasteiger partial charge is 0.412 e. The highest BCUT2D eigenvalue weighted by Crippen LogP contribution is 2.26. The van der Waals surface area contributed by atoms with Crippen molar-refractivity contribution in [2.24, 2.45) is 0 Å². The van der Waals surface area contributed by atoms with Crippen LogP contribution in [0.5, 0.6) is 0 Å². The molecule has 108 valence electrons. The fraction of sp³-hybridized carbons (Fsp3) is 0.167. The van der Waals surface area contributed by atoms with Gasteiger partial charge in [-0.25, -0.2) is 9.78 Å². The van der Waals surface area contributed by atoms with E-state index in [0.29, 0.717) is 5.02 Å². The SMILES string of the molecule is CCOC(=O)Nc1c(C#N)cnn1-c1ncc(Cl)cc1Cl. The van der Waals surface area contributed by atoms with Crippen LogP contribution in [0.3, 0.4) is 0 Å². The molecule has 0 saturated heterocycles. The predicted octanol–water partition coefficient (Wildman–Crippen LogP) is 3.01. The van der Waals surface area contributed by atoms with E-state index >= 15 is 0 Å². The van der Waals surface area contributed by atoms with Crippen molar-refractivity contribution in [3.8, 4) is 11.9 Å². The number of nitrogens with one attached hydrogen (secondary N) is 1. The zero-order valence-electron chi connectivity index (χ0n) is 10.8. The molecule has 0 aliphatic rings. The second kappa shape index (κ2) is 6.43. The first kappa shape index (κ1) is 15.1. The highest BCUT2D eigenvalue weighted by atomic mass is 35.5. The van der Waals surface area contributed by atoms with E-state index in [4.69, 9.17) is 33.2 Å². The summed E-state index contributed by atoms with van der Waals surface area (Å²) in [7, 11) is 0. The quantitative estimate of drug-likeness (QED) is 0.936. The Balaban J connectivity index is 2.47. The molecule has 2 aromatic rings. The van der Waals surface area contributed by atoms with Crippen LogP contribution in [0.4, 0.5) is 10.6 Å². The minimum atomic E-state index is -0.708. The van der Waals surface area contributed by atoms with Crippen molar-refractivity contribution in [2.75, 3.05) is 11.9 Å². The summed E-state index contributed by atoms with van der Waals surface area (Å²) >= 11 is 11.8. The fourth-order valence-corrected chi connectivity index (χ4v) is 2.00. The lowest BCUT2D eigenvalue weighted by atomic mass is 10.3. The normalized spacial score (nSPS) is 10.0. The van der Waals surface area contributed by atoms with Crippen molar-refractivity contribution in [3.05, 3.63) is 34.1 Å². The van der Waals surface area contributed by atoms with Gasteiger partial charge < -0.3 is 4.74 Å². The zero-order chi connectivity index (χ0) is 15.4. The van der Waals surface area contributed by atoms with Crippen LogP contribution in [0.15, 0.2) is 18.5 Å². The summed E-state index contributed by atoms with van der Waals surface area (Å²) in [6.07, 6.45) is 1.96. The Morgan fingerprint density at radius 2 is 2.29 bits per heavy atom. The van der Waals surface area contributed by atoms with Crippen molar-refractivity contribution < 1.29 is 9.53 Å². The van der Waals surface area contributed by atoms with Gasteiger partial charge in [0.1, 0.15) is 11.6 Å². The number of nitrogens with zero attached hydrogens (tertiary/aromatic N) is 4. The van der Waals surface area contributed by atoms with Gasteiger partial charge in [-0.3, -0.25) is 5.32 Å². The van der Waals surface area contributed by atoms with E-state index in [0.717, 1.165) is 0 Å². The highest BCUT2D eigenvalue weighted by Gasteiger charge is 2.18. The number of amides is 1. The Hall–Kier alpha value is -2.30. The van der Waals surface area contributed by atoms with Crippen LogP contribution < -0.4 is 5.32 Å². The molecule has 0 aliphatic carbocycles. The Morgan fingerprint density at radius 1 is 1.52 bits per heavy atom. The van der Waals surface area contributed by atoms with Crippen LogP contribution in [0.1, 0.15) is 12.5 Å². The molecule has 0 saturated carbocycles. The molecular weight excluding hydrogens is 317 g/mol. The van der Waals surface area contributed by atoms with E-state index in [9.17, 15) is 4.79 Å². The number of carbonyl (C=O) groups is 1. The lowest BCUT2D eigenvalue weighted by Gasteiger charge is -2.09.